The molecule has 2 heterocycles. The van der Waals surface area contributed by atoms with Crippen LogP contribution in [-0.2, 0) is 0 Å². The number of aryl methyl sites for hydroxylation is 1. The first-order valence-electron chi connectivity index (χ1n) is 4.87. The number of likely N-dealkylation sites (tertiary alicyclic amines) is 1. The molecule has 1 aromatic rings. The molecule has 1 atom stereocenters. The van der Waals surface area contributed by atoms with Gasteiger partial charge in [-0.25, -0.2) is 0 Å². The van der Waals surface area contributed by atoms with Gasteiger partial charge in [-0.15, -0.1) is 0 Å². The molecule has 0 aliphatic carbocycles. The molecule has 0 spiro atoms. The molecule has 1 aliphatic rings. The number of nitrogen functional groups attached to an aromatic ring is 1. The second kappa shape index (κ2) is 3.54. The maximum atomic E-state index is 11.9. The number of H-pyrrole nitrogens is 1. The predicted octanol–water partition coefficient (Wildman–Crippen LogP) is -0.493. The molecule has 1 aliphatic heterocycles. The van der Waals surface area contributed by atoms with Crippen molar-refractivity contribution in [2.45, 2.75) is 19.4 Å². The van der Waals surface area contributed by atoms with Gasteiger partial charge in [0.15, 0.2) is 5.69 Å². The highest BCUT2D eigenvalue weighted by Gasteiger charge is 2.28. The van der Waals surface area contributed by atoms with Crippen molar-refractivity contribution in [3.05, 3.63) is 11.4 Å². The lowest BCUT2D eigenvalue weighted by molar-refractivity contribution is 0.0760. The summed E-state index contributed by atoms with van der Waals surface area (Å²) in [6.45, 7) is 2.69. The molecule has 0 radical (unpaired) electrons. The maximum absolute atomic E-state index is 11.9. The summed E-state index contributed by atoms with van der Waals surface area (Å²) in [5.74, 6) is -0.214. The second-order valence-electron chi connectivity index (χ2n) is 3.80. The Morgan fingerprint density at radius 2 is 2.47 bits per heavy atom. The molecular weight excluding hydrogens is 196 g/mol. The van der Waals surface area contributed by atoms with Gasteiger partial charge in [0.25, 0.3) is 5.91 Å². The zero-order valence-electron chi connectivity index (χ0n) is 8.53. The van der Waals surface area contributed by atoms with Crippen molar-refractivity contribution in [1.82, 2.24) is 15.1 Å². The Hall–Kier alpha value is -1.56. The molecule has 0 bridgehead atoms. The van der Waals surface area contributed by atoms with Crippen LogP contribution in [0.3, 0.4) is 0 Å². The Morgan fingerprint density at radius 3 is 2.93 bits per heavy atom. The van der Waals surface area contributed by atoms with Gasteiger partial charge in [-0.1, -0.05) is 0 Å². The molecule has 1 saturated heterocycles. The van der Waals surface area contributed by atoms with Crippen LogP contribution in [-0.4, -0.2) is 45.3 Å². The van der Waals surface area contributed by atoms with Crippen LogP contribution in [0.1, 0.15) is 22.6 Å². The first kappa shape index (κ1) is 9.97. The third-order valence-corrected chi connectivity index (χ3v) is 2.65. The standard InChI is InChI=1S/C9H14N4O2/c1-5-7(10)8(12-11-5)9(15)13-3-2-6(14)4-13/h6,14H,2-4,10H2,1H3,(H,11,12)/t6-/m1/s1. The summed E-state index contributed by atoms with van der Waals surface area (Å²) >= 11 is 0. The third kappa shape index (κ3) is 1.68. The number of nitrogens with zero attached hydrogens (tertiary/aromatic N) is 2. The number of aliphatic hydroxyl groups is 1. The van der Waals surface area contributed by atoms with E-state index in [-0.39, 0.29) is 11.6 Å². The molecule has 0 saturated carbocycles. The third-order valence-electron chi connectivity index (χ3n) is 2.65. The van der Waals surface area contributed by atoms with Crippen LogP contribution in [0.15, 0.2) is 0 Å². The molecule has 4 N–H and O–H groups in total. The van der Waals surface area contributed by atoms with E-state index in [9.17, 15) is 9.90 Å². The molecule has 82 valence electrons. The van der Waals surface area contributed by atoms with Gasteiger partial charge < -0.3 is 15.7 Å². The first-order chi connectivity index (χ1) is 7.09. The Balaban J connectivity index is 2.18. The molecule has 6 heteroatoms. The van der Waals surface area contributed by atoms with E-state index in [2.05, 4.69) is 10.2 Å². The number of hydrogen-bond donors (Lipinski definition) is 3. The van der Waals surface area contributed by atoms with Crippen molar-refractivity contribution in [3.8, 4) is 0 Å². The van der Waals surface area contributed by atoms with Crippen LogP contribution in [0.5, 0.6) is 0 Å². The van der Waals surface area contributed by atoms with Crippen LogP contribution >= 0.6 is 0 Å². The fraction of sp³-hybridized carbons (Fsp3) is 0.556. The van der Waals surface area contributed by atoms with Gasteiger partial charge in [0.05, 0.1) is 17.5 Å². The Kier molecular flexibility index (Phi) is 2.36. The summed E-state index contributed by atoms with van der Waals surface area (Å²) < 4.78 is 0. The smallest absolute Gasteiger partial charge is 0.276 e. The molecule has 1 fully saturated rings. The lowest BCUT2D eigenvalue weighted by atomic mass is 10.3. The summed E-state index contributed by atoms with van der Waals surface area (Å²) in [5, 5.41) is 15.8. The van der Waals surface area contributed by atoms with E-state index < -0.39 is 6.10 Å². The van der Waals surface area contributed by atoms with E-state index >= 15 is 0 Å². The van der Waals surface area contributed by atoms with Crippen LogP contribution in [0, 0.1) is 6.92 Å². The monoisotopic (exact) mass is 210 g/mol. The van der Waals surface area contributed by atoms with Crippen LogP contribution < -0.4 is 5.73 Å². The summed E-state index contributed by atoms with van der Waals surface area (Å²) in [4.78, 5) is 13.4. The number of carbonyl (C=O) groups excluding carboxylic acids is 1. The van der Waals surface area contributed by atoms with Gasteiger partial charge in [-0.2, -0.15) is 5.10 Å². The minimum absolute atomic E-state index is 0.214. The molecule has 6 nitrogen and oxygen atoms in total. The molecule has 0 unspecified atom stereocenters. The van der Waals surface area contributed by atoms with Gasteiger partial charge in [0, 0.05) is 13.1 Å². The van der Waals surface area contributed by atoms with Crippen molar-refractivity contribution >= 4 is 11.6 Å². The molecule has 0 aromatic carbocycles. The SMILES string of the molecule is Cc1[nH]nc(C(=O)N2CC[C@@H](O)C2)c1N. The lowest BCUT2D eigenvalue weighted by Crippen LogP contribution is -2.30. The second-order valence-corrected chi connectivity index (χ2v) is 3.80. The topological polar surface area (TPSA) is 95.2 Å². The number of aliphatic hydroxyl groups excluding tert-OH is 1. The highest BCUT2D eigenvalue weighted by atomic mass is 16.3. The van der Waals surface area contributed by atoms with E-state index in [1.807, 2.05) is 0 Å². The van der Waals surface area contributed by atoms with Crippen LogP contribution in [0.2, 0.25) is 0 Å². The van der Waals surface area contributed by atoms with E-state index in [1.165, 1.54) is 0 Å². The number of β-amino-alcohol motifs (C(OH)–C–C–N with tert-alkyl or cyclic N) is 1. The Labute approximate surface area is 87.1 Å². The molecule has 2 rings (SSSR count). The maximum Gasteiger partial charge on any atom is 0.276 e. The zero-order valence-corrected chi connectivity index (χ0v) is 8.53. The Morgan fingerprint density at radius 1 is 1.73 bits per heavy atom. The van der Waals surface area contributed by atoms with Crippen molar-refractivity contribution in [2.24, 2.45) is 0 Å². The van der Waals surface area contributed by atoms with E-state index in [4.69, 9.17) is 5.73 Å². The lowest BCUT2D eigenvalue weighted by Gasteiger charge is -2.13. The number of aromatic amines is 1. The fourth-order valence-electron chi connectivity index (χ4n) is 1.68. The summed E-state index contributed by atoms with van der Waals surface area (Å²) in [5.41, 5.74) is 7.04. The van der Waals surface area contributed by atoms with Crippen molar-refractivity contribution < 1.29 is 9.90 Å². The minimum Gasteiger partial charge on any atom is -0.395 e. The van der Waals surface area contributed by atoms with E-state index in [1.54, 1.807) is 11.8 Å². The molecular formula is C9H14N4O2. The predicted molar refractivity (Wildman–Crippen MR) is 54.3 cm³/mol. The van der Waals surface area contributed by atoms with Gasteiger partial charge >= 0.3 is 0 Å². The highest BCUT2D eigenvalue weighted by molar-refractivity contribution is 5.97. The normalized spacial score (nSPS) is 20.9. The van der Waals surface area contributed by atoms with Gasteiger partial charge in [-0.3, -0.25) is 9.89 Å². The number of amides is 1. The Bertz CT molecular complexity index is 387. The van der Waals surface area contributed by atoms with E-state index in [0.717, 1.165) is 0 Å². The van der Waals surface area contributed by atoms with Crippen molar-refractivity contribution in [3.63, 3.8) is 0 Å². The zero-order chi connectivity index (χ0) is 11.0. The highest BCUT2D eigenvalue weighted by Crippen LogP contribution is 2.18. The number of carbonyl (C=O) groups is 1. The van der Waals surface area contributed by atoms with E-state index in [0.29, 0.717) is 30.9 Å². The van der Waals surface area contributed by atoms with Crippen LogP contribution in [0.25, 0.3) is 0 Å². The number of aromatic nitrogens is 2. The summed E-state index contributed by atoms with van der Waals surface area (Å²) in [6, 6.07) is 0. The van der Waals surface area contributed by atoms with Crippen LogP contribution in [0.4, 0.5) is 5.69 Å². The van der Waals surface area contributed by atoms with Gasteiger partial charge in [0.2, 0.25) is 0 Å². The molecule has 15 heavy (non-hydrogen) atoms. The van der Waals surface area contributed by atoms with Gasteiger partial charge in [-0.05, 0) is 13.3 Å². The summed E-state index contributed by atoms with van der Waals surface area (Å²) in [6.07, 6.45) is 0.199. The fourth-order valence-corrected chi connectivity index (χ4v) is 1.68. The minimum atomic E-state index is -0.421. The average Bonchev–Trinajstić information content (AvgIpc) is 2.75. The first-order valence-corrected chi connectivity index (χ1v) is 4.87. The average molecular weight is 210 g/mol. The number of anilines is 1. The van der Waals surface area contributed by atoms with Crippen molar-refractivity contribution in [1.29, 1.82) is 0 Å². The number of rotatable bonds is 1. The van der Waals surface area contributed by atoms with Crippen molar-refractivity contribution in [2.75, 3.05) is 18.8 Å². The number of nitrogens with two attached hydrogens (primary N) is 1. The molecule has 1 amide bonds. The largest absolute Gasteiger partial charge is 0.395 e. The van der Waals surface area contributed by atoms with Gasteiger partial charge in [0.1, 0.15) is 0 Å². The number of hydrogen-bond acceptors (Lipinski definition) is 4. The number of nitrogens with one attached hydrogen (secondary N) is 1. The quantitative estimate of drug-likeness (QED) is 0.582. The molecule has 1 aromatic heterocycles. The summed E-state index contributed by atoms with van der Waals surface area (Å²) in [7, 11) is 0.